The van der Waals surface area contributed by atoms with Crippen LogP contribution in [0.4, 0.5) is 0 Å². The molecule has 0 saturated heterocycles. The first-order valence-corrected chi connectivity index (χ1v) is 5.41. The average Bonchev–Trinajstić information content (AvgIpc) is 2.12. The zero-order valence-corrected chi connectivity index (χ0v) is 9.54. The van der Waals surface area contributed by atoms with Gasteiger partial charge in [0.1, 0.15) is 0 Å². The van der Waals surface area contributed by atoms with Gasteiger partial charge in [0.05, 0.1) is 0 Å². The molecule has 0 nitrogen and oxygen atoms in total. The maximum absolute atomic E-state index is 5.29. The van der Waals surface area contributed by atoms with Crippen LogP contribution in [0.1, 0.15) is 13.3 Å². The van der Waals surface area contributed by atoms with Gasteiger partial charge in [0.25, 0.3) is 0 Å². The molecule has 0 aliphatic rings. The van der Waals surface area contributed by atoms with Crippen molar-refractivity contribution in [2.45, 2.75) is 13.3 Å². The molecule has 0 spiro atoms. The van der Waals surface area contributed by atoms with Gasteiger partial charge >= 0.3 is 0 Å². The van der Waals surface area contributed by atoms with Gasteiger partial charge in [-0.15, -0.1) is 34.8 Å². The largest absolute Gasteiger partial charge is 0.122 e. The fourth-order valence-electron chi connectivity index (χ4n) is 0.356. The van der Waals surface area contributed by atoms with Crippen LogP contribution in [0.15, 0.2) is 24.3 Å². The third-order valence-electron chi connectivity index (χ3n) is 0.836. The standard InChI is InChI=1S/C5H9Cl.C4H6Cl2/c1-2-3-4-5-6;5-3-1-2-4-6/h3-4H,2,5H2,1H3;1-2H,3-4H2/b4-3+;2-1+. The van der Waals surface area contributed by atoms with E-state index in [2.05, 4.69) is 6.92 Å². The van der Waals surface area contributed by atoms with Crippen molar-refractivity contribution in [3.63, 3.8) is 0 Å². The van der Waals surface area contributed by atoms with Crippen molar-refractivity contribution < 1.29 is 0 Å². The lowest BCUT2D eigenvalue weighted by atomic mass is 10.4. The van der Waals surface area contributed by atoms with Gasteiger partial charge in [0.15, 0.2) is 0 Å². The second kappa shape index (κ2) is 17.4. The second-order valence-corrected chi connectivity index (χ2v) is 2.74. The maximum atomic E-state index is 5.29. The molecule has 0 aliphatic heterocycles. The van der Waals surface area contributed by atoms with E-state index in [1.807, 2.05) is 24.3 Å². The molecule has 72 valence electrons. The summed E-state index contributed by atoms with van der Waals surface area (Å²) < 4.78 is 0. The van der Waals surface area contributed by atoms with E-state index in [1.165, 1.54) is 0 Å². The highest BCUT2D eigenvalue weighted by molar-refractivity contribution is 6.20. The lowest BCUT2D eigenvalue weighted by molar-refractivity contribution is 1.22. The third kappa shape index (κ3) is 22.4. The van der Waals surface area contributed by atoms with E-state index >= 15 is 0 Å². The van der Waals surface area contributed by atoms with Gasteiger partial charge in [0.2, 0.25) is 0 Å². The molecule has 0 rings (SSSR count). The molecule has 0 aromatic rings. The Labute approximate surface area is 90.2 Å². The Balaban J connectivity index is 0. The second-order valence-electron chi connectivity index (χ2n) is 1.81. The van der Waals surface area contributed by atoms with Crippen LogP contribution < -0.4 is 0 Å². The van der Waals surface area contributed by atoms with E-state index in [-0.39, 0.29) is 0 Å². The van der Waals surface area contributed by atoms with E-state index in [9.17, 15) is 0 Å². The zero-order chi connectivity index (χ0) is 9.66. The molecule has 0 fully saturated rings. The lowest BCUT2D eigenvalue weighted by Gasteiger charge is -1.71. The molecule has 0 N–H and O–H groups in total. The highest BCUT2D eigenvalue weighted by atomic mass is 35.5. The third-order valence-corrected chi connectivity index (χ3v) is 1.37. The summed E-state index contributed by atoms with van der Waals surface area (Å²) in [5.74, 6) is 1.77. The molecule has 0 bridgehead atoms. The summed E-state index contributed by atoms with van der Waals surface area (Å²) in [6.45, 7) is 2.09. The van der Waals surface area contributed by atoms with E-state index in [0.717, 1.165) is 6.42 Å². The zero-order valence-electron chi connectivity index (χ0n) is 7.27. The first-order valence-electron chi connectivity index (χ1n) is 3.81. The summed E-state index contributed by atoms with van der Waals surface area (Å²) >= 11 is 15.8. The van der Waals surface area contributed by atoms with Crippen LogP contribution in [0.5, 0.6) is 0 Å². The van der Waals surface area contributed by atoms with Crippen LogP contribution in [-0.4, -0.2) is 17.6 Å². The summed E-state index contributed by atoms with van der Waals surface area (Å²) in [6, 6.07) is 0. The fraction of sp³-hybridized carbons (Fsp3) is 0.556. The lowest BCUT2D eigenvalue weighted by Crippen LogP contribution is -1.60. The average molecular weight is 230 g/mol. The van der Waals surface area contributed by atoms with E-state index in [1.54, 1.807) is 0 Å². The topological polar surface area (TPSA) is 0 Å². The number of rotatable bonds is 4. The molecule has 0 unspecified atom stereocenters. The van der Waals surface area contributed by atoms with Gasteiger partial charge in [0, 0.05) is 17.6 Å². The van der Waals surface area contributed by atoms with Crippen LogP contribution >= 0.6 is 34.8 Å². The van der Waals surface area contributed by atoms with Gasteiger partial charge in [-0.25, -0.2) is 0 Å². The minimum absolute atomic E-state index is 0.562. The summed E-state index contributed by atoms with van der Waals surface area (Å²) in [5.41, 5.74) is 0. The number of halogens is 3. The maximum Gasteiger partial charge on any atom is 0.0404 e. The van der Waals surface area contributed by atoms with Crippen LogP contribution in [0.3, 0.4) is 0 Å². The number of alkyl halides is 3. The molecule has 0 aliphatic carbocycles. The minimum Gasteiger partial charge on any atom is -0.122 e. The van der Waals surface area contributed by atoms with Crippen molar-refractivity contribution >= 4 is 34.8 Å². The van der Waals surface area contributed by atoms with Crippen LogP contribution in [0.2, 0.25) is 0 Å². The van der Waals surface area contributed by atoms with Crippen molar-refractivity contribution in [1.82, 2.24) is 0 Å². The normalized spacial score (nSPS) is 10.3. The van der Waals surface area contributed by atoms with E-state index in [4.69, 9.17) is 34.8 Å². The van der Waals surface area contributed by atoms with Gasteiger partial charge in [-0.2, -0.15) is 0 Å². The van der Waals surface area contributed by atoms with E-state index in [0.29, 0.717) is 17.6 Å². The van der Waals surface area contributed by atoms with Gasteiger partial charge in [-0.1, -0.05) is 31.2 Å². The van der Waals surface area contributed by atoms with Gasteiger partial charge in [-0.05, 0) is 6.42 Å². The molecule has 0 atom stereocenters. The molecule has 0 aromatic carbocycles. The molecule has 0 heterocycles. The SMILES string of the molecule is CC/C=C/CCl.ClC/C=C/CCl. The summed E-state index contributed by atoms with van der Waals surface area (Å²) in [7, 11) is 0. The van der Waals surface area contributed by atoms with Crippen molar-refractivity contribution in [2.75, 3.05) is 17.6 Å². The Morgan fingerprint density at radius 2 is 1.08 bits per heavy atom. The highest BCUT2D eigenvalue weighted by Gasteiger charge is 1.63. The van der Waals surface area contributed by atoms with Crippen molar-refractivity contribution in [3.05, 3.63) is 24.3 Å². The molecule has 0 aromatic heterocycles. The molecule has 12 heavy (non-hydrogen) atoms. The molecule has 0 saturated carbocycles. The summed E-state index contributed by atoms with van der Waals surface area (Å²) in [6.07, 6.45) is 8.71. The summed E-state index contributed by atoms with van der Waals surface area (Å²) in [5, 5.41) is 0. The van der Waals surface area contributed by atoms with Crippen LogP contribution in [0, 0.1) is 0 Å². The van der Waals surface area contributed by atoms with E-state index < -0.39 is 0 Å². The smallest absolute Gasteiger partial charge is 0.0404 e. The molecule has 3 heteroatoms. The predicted octanol–water partition coefficient (Wildman–Crippen LogP) is 4.21. The Morgan fingerprint density at radius 3 is 1.25 bits per heavy atom. The Hall–Kier alpha value is 0.350. The van der Waals surface area contributed by atoms with Crippen molar-refractivity contribution in [3.8, 4) is 0 Å². The van der Waals surface area contributed by atoms with Crippen LogP contribution in [-0.2, 0) is 0 Å². The Kier molecular flexibility index (Phi) is 21.6. The highest BCUT2D eigenvalue weighted by Crippen LogP contribution is 1.80. The van der Waals surface area contributed by atoms with Gasteiger partial charge in [-0.3, -0.25) is 0 Å². The Morgan fingerprint density at radius 1 is 0.750 bits per heavy atom. The first kappa shape index (κ1) is 14.9. The number of hydrogen-bond donors (Lipinski definition) is 0. The molecule has 0 radical (unpaired) electrons. The predicted molar refractivity (Wildman–Crippen MR) is 60.7 cm³/mol. The molecule has 0 amide bonds. The van der Waals surface area contributed by atoms with Crippen LogP contribution in [0.25, 0.3) is 0 Å². The molecular formula is C9H15Cl3. The van der Waals surface area contributed by atoms with Gasteiger partial charge < -0.3 is 0 Å². The fourth-order valence-corrected chi connectivity index (χ4v) is 0.734. The first-order chi connectivity index (χ1) is 5.83. The van der Waals surface area contributed by atoms with Crippen molar-refractivity contribution in [2.24, 2.45) is 0 Å². The monoisotopic (exact) mass is 228 g/mol. The quantitative estimate of drug-likeness (QED) is 0.500. The number of allylic oxidation sites excluding steroid dienone is 4. The summed E-state index contributed by atoms with van der Waals surface area (Å²) in [4.78, 5) is 0. The number of hydrogen-bond acceptors (Lipinski definition) is 0. The Bertz CT molecular complexity index is 82.3. The minimum atomic E-state index is 0.562. The molecular weight excluding hydrogens is 214 g/mol. The van der Waals surface area contributed by atoms with Crippen molar-refractivity contribution in [1.29, 1.82) is 0 Å².